The Bertz CT molecular complexity index is 397. The van der Waals surface area contributed by atoms with E-state index < -0.39 is 10.0 Å². The number of halogens is 1. The Morgan fingerprint density at radius 3 is 2.41 bits per heavy atom. The molecule has 5 heteroatoms. The molecule has 4 atom stereocenters. The van der Waals surface area contributed by atoms with Crippen molar-refractivity contribution in [1.82, 2.24) is 2.52 Å². The van der Waals surface area contributed by atoms with Gasteiger partial charge in [-0.05, 0) is 37.0 Å². The van der Waals surface area contributed by atoms with Crippen molar-refractivity contribution in [2.24, 2.45) is 17.8 Å². The lowest BCUT2D eigenvalue weighted by Gasteiger charge is -2.30. The summed E-state index contributed by atoms with van der Waals surface area (Å²) in [5.74, 6) is 2.52. The van der Waals surface area contributed by atoms with Gasteiger partial charge < -0.3 is 0 Å². The smallest absolute Gasteiger partial charge is 0.211 e. The second-order valence-corrected chi connectivity index (χ2v) is 9.55. The third-order valence-corrected chi connectivity index (χ3v) is 9.17. The van der Waals surface area contributed by atoms with Crippen molar-refractivity contribution in [3.05, 3.63) is 0 Å². The summed E-state index contributed by atoms with van der Waals surface area (Å²) in [5, 5.41) is 0. The molecular formula is C12H20INO2S. The highest BCUT2D eigenvalue weighted by atomic mass is 127. The van der Waals surface area contributed by atoms with E-state index in [1.807, 2.05) is 22.9 Å². The van der Waals surface area contributed by atoms with Gasteiger partial charge >= 0.3 is 0 Å². The van der Waals surface area contributed by atoms with E-state index in [2.05, 4.69) is 0 Å². The zero-order chi connectivity index (χ0) is 12.0. The molecule has 0 amide bonds. The molecule has 4 unspecified atom stereocenters. The standard InChI is InChI=1S/C12H20INO2S/c13-14-12-6-5-9-3-1-2-4-10(9)7-11(12)8-17(14,15)16/h9-12H,1-8H2. The summed E-state index contributed by atoms with van der Waals surface area (Å²) in [6, 6.07) is 0.297. The topological polar surface area (TPSA) is 37.4 Å². The van der Waals surface area contributed by atoms with Gasteiger partial charge in [-0.25, -0.2) is 8.42 Å². The number of hydrogen-bond acceptors (Lipinski definition) is 2. The van der Waals surface area contributed by atoms with Gasteiger partial charge in [-0.3, -0.25) is 0 Å². The first-order chi connectivity index (χ1) is 8.08. The first kappa shape index (κ1) is 12.7. The maximum Gasteiger partial charge on any atom is 0.223 e. The zero-order valence-electron chi connectivity index (χ0n) is 10.0. The van der Waals surface area contributed by atoms with Crippen LogP contribution in [0.5, 0.6) is 0 Å². The number of hydrogen-bond donors (Lipinski definition) is 0. The molecule has 0 aromatic rings. The highest BCUT2D eigenvalue weighted by molar-refractivity contribution is 14.1. The van der Waals surface area contributed by atoms with Gasteiger partial charge in [-0.15, -0.1) is 2.52 Å². The summed E-state index contributed by atoms with van der Waals surface area (Å²) in [6.07, 6.45) is 8.98. The van der Waals surface area contributed by atoms with Gasteiger partial charge in [0, 0.05) is 28.9 Å². The van der Waals surface area contributed by atoms with Gasteiger partial charge in [0.2, 0.25) is 10.0 Å². The van der Waals surface area contributed by atoms with E-state index in [4.69, 9.17) is 0 Å². The monoisotopic (exact) mass is 369 g/mol. The minimum absolute atomic E-state index is 0.297. The molecule has 17 heavy (non-hydrogen) atoms. The van der Waals surface area contributed by atoms with Crippen molar-refractivity contribution in [3.63, 3.8) is 0 Å². The molecule has 3 aliphatic rings. The third kappa shape index (κ3) is 2.27. The molecule has 1 heterocycles. The van der Waals surface area contributed by atoms with E-state index in [9.17, 15) is 8.42 Å². The Labute approximate surface area is 118 Å². The number of nitrogens with zero attached hydrogens (tertiary/aromatic N) is 1. The Morgan fingerprint density at radius 1 is 0.941 bits per heavy atom. The molecule has 3 nitrogen and oxygen atoms in total. The van der Waals surface area contributed by atoms with Crippen LogP contribution in [0.3, 0.4) is 0 Å². The Morgan fingerprint density at radius 2 is 1.65 bits per heavy atom. The lowest BCUT2D eigenvalue weighted by Crippen LogP contribution is -2.26. The average molecular weight is 369 g/mol. The van der Waals surface area contributed by atoms with Gasteiger partial charge in [-0.2, -0.15) is 0 Å². The largest absolute Gasteiger partial charge is 0.223 e. The zero-order valence-corrected chi connectivity index (χ0v) is 13.0. The maximum atomic E-state index is 11.9. The van der Waals surface area contributed by atoms with E-state index >= 15 is 0 Å². The van der Waals surface area contributed by atoms with E-state index in [1.54, 1.807) is 2.52 Å². The molecule has 0 radical (unpaired) electrons. The van der Waals surface area contributed by atoms with Crippen molar-refractivity contribution in [1.29, 1.82) is 0 Å². The minimum Gasteiger partial charge on any atom is -0.211 e. The average Bonchev–Trinajstić information content (AvgIpc) is 2.45. The molecule has 3 fully saturated rings. The Kier molecular flexibility index (Phi) is 3.45. The molecule has 98 valence electrons. The molecule has 0 spiro atoms. The summed E-state index contributed by atoms with van der Waals surface area (Å²) >= 11 is 2.03. The number of fused-ring (bicyclic) bond motifs is 2. The first-order valence-corrected chi connectivity index (χ1v) is 9.33. The molecule has 1 aliphatic heterocycles. The van der Waals surface area contributed by atoms with E-state index in [1.165, 1.54) is 32.1 Å². The van der Waals surface area contributed by atoms with Crippen molar-refractivity contribution in [2.45, 2.75) is 51.0 Å². The van der Waals surface area contributed by atoms with Gasteiger partial charge in [0.1, 0.15) is 0 Å². The molecule has 0 bridgehead atoms. The fourth-order valence-corrected chi connectivity index (χ4v) is 7.08. The van der Waals surface area contributed by atoms with Gasteiger partial charge in [0.15, 0.2) is 0 Å². The van der Waals surface area contributed by atoms with Crippen LogP contribution in [0.1, 0.15) is 44.9 Å². The van der Waals surface area contributed by atoms with Gasteiger partial charge in [0.25, 0.3) is 0 Å². The third-order valence-electron chi connectivity index (χ3n) is 5.00. The maximum absolute atomic E-state index is 11.9. The Hall–Kier alpha value is 0.640. The summed E-state index contributed by atoms with van der Waals surface area (Å²) in [4.78, 5) is 0. The molecule has 3 rings (SSSR count). The SMILES string of the molecule is O=S1(=O)CC2CC3CCCCC3CCC2N1I. The van der Waals surface area contributed by atoms with Crippen LogP contribution in [0.15, 0.2) is 0 Å². The quantitative estimate of drug-likeness (QED) is 0.486. The summed E-state index contributed by atoms with van der Waals surface area (Å²) in [5.41, 5.74) is 0. The molecule has 0 N–H and O–H groups in total. The minimum atomic E-state index is -2.94. The number of sulfonamides is 1. The molecule has 0 aromatic heterocycles. The summed E-state index contributed by atoms with van der Waals surface area (Å²) in [6.45, 7) is 0. The lowest BCUT2D eigenvalue weighted by atomic mass is 9.75. The van der Waals surface area contributed by atoms with Crippen LogP contribution in [0.4, 0.5) is 0 Å². The molecule has 2 saturated carbocycles. The highest BCUT2D eigenvalue weighted by Gasteiger charge is 2.47. The van der Waals surface area contributed by atoms with E-state index in [0.717, 1.165) is 24.7 Å². The second-order valence-electron chi connectivity index (χ2n) is 5.97. The van der Waals surface area contributed by atoms with Crippen LogP contribution in [-0.4, -0.2) is 22.7 Å². The van der Waals surface area contributed by atoms with Crippen LogP contribution < -0.4 is 0 Å². The molecule has 1 saturated heterocycles. The lowest BCUT2D eigenvalue weighted by molar-refractivity contribution is 0.212. The van der Waals surface area contributed by atoms with Crippen LogP contribution >= 0.6 is 22.9 Å². The summed E-state index contributed by atoms with van der Waals surface area (Å²) in [7, 11) is -2.94. The van der Waals surface area contributed by atoms with Crippen LogP contribution in [0, 0.1) is 17.8 Å². The highest BCUT2D eigenvalue weighted by Crippen LogP contribution is 2.46. The van der Waals surface area contributed by atoms with Gasteiger partial charge in [0.05, 0.1) is 5.75 Å². The molecule has 0 aromatic carbocycles. The first-order valence-electron chi connectivity index (χ1n) is 6.76. The predicted molar refractivity (Wildman–Crippen MR) is 76.2 cm³/mol. The van der Waals surface area contributed by atoms with Crippen molar-refractivity contribution < 1.29 is 8.42 Å². The predicted octanol–water partition coefficient (Wildman–Crippen LogP) is 2.96. The Balaban J connectivity index is 1.81. The van der Waals surface area contributed by atoms with Crippen molar-refractivity contribution in [2.75, 3.05) is 5.75 Å². The molecular weight excluding hydrogens is 349 g/mol. The van der Waals surface area contributed by atoms with Crippen LogP contribution in [-0.2, 0) is 10.0 Å². The van der Waals surface area contributed by atoms with Crippen LogP contribution in [0.25, 0.3) is 0 Å². The summed E-state index contributed by atoms with van der Waals surface area (Å²) < 4.78 is 25.5. The van der Waals surface area contributed by atoms with Gasteiger partial charge in [-0.1, -0.05) is 25.7 Å². The fraction of sp³-hybridized carbons (Fsp3) is 1.00. The molecule has 2 aliphatic carbocycles. The van der Waals surface area contributed by atoms with Crippen molar-refractivity contribution >= 4 is 32.9 Å². The van der Waals surface area contributed by atoms with E-state index in [-0.39, 0.29) is 0 Å². The van der Waals surface area contributed by atoms with Crippen molar-refractivity contribution in [3.8, 4) is 0 Å². The van der Waals surface area contributed by atoms with Crippen LogP contribution in [0.2, 0.25) is 0 Å². The normalized spacial score (nSPS) is 45.9. The number of rotatable bonds is 0. The second kappa shape index (κ2) is 4.63. The fourth-order valence-electron chi connectivity index (χ4n) is 4.14. The van der Waals surface area contributed by atoms with E-state index in [0.29, 0.717) is 17.7 Å².